The van der Waals surface area contributed by atoms with Gasteiger partial charge in [0, 0.05) is 92.8 Å². The fourth-order valence-electron chi connectivity index (χ4n) is 11.5. The van der Waals surface area contributed by atoms with Gasteiger partial charge >= 0.3 is 0 Å². The normalized spacial score (nSPS) is 16.8. The molecule has 5 heterocycles. The molecule has 0 spiro atoms. The van der Waals surface area contributed by atoms with Gasteiger partial charge in [0.1, 0.15) is 73.2 Å². The van der Waals surface area contributed by atoms with Gasteiger partial charge in [-0.25, -0.2) is 9.97 Å². The van der Waals surface area contributed by atoms with Crippen LogP contribution in [0.2, 0.25) is 0 Å². The van der Waals surface area contributed by atoms with Crippen molar-refractivity contribution in [3.05, 3.63) is 166 Å². The largest absolute Gasteiger partial charge is 0.394 e. The number of aliphatic hydroxyl groups excluding tert-OH is 20. The molecular weight excluding hydrogens is 1360 g/mol. The van der Waals surface area contributed by atoms with Crippen LogP contribution in [-0.2, 0) is 0 Å². The summed E-state index contributed by atoms with van der Waals surface area (Å²) in [7, 11) is 0. The first-order valence-electron chi connectivity index (χ1n) is 32.7. The summed E-state index contributed by atoms with van der Waals surface area (Å²) in [5, 5.41) is 211. The highest BCUT2D eigenvalue weighted by atomic mass is 16.4. The van der Waals surface area contributed by atoms with Crippen molar-refractivity contribution in [2.45, 2.75) is 97.7 Å². The van der Waals surface area contributed by atoms with Crippen molar-refractivity contribution in [3.8, 4) is 44.5 Å². The Balaban J connectivity index is 1.20. The number of aromatic nitrogens is 4. The maximum Gasteiger partial charge on any atom is 0.251 e. The quantitative estimate of drug-likeness (QED) is 0.0191. The average molecular weight is 1440 g/mol. The first-order valence-corrected chi connectivity index (χ1v) is 32.7. The Labute approximate surface area is 591 Å². The smallest absolute Gasteiger partial charge is 0.251 e. The van der Waals surface area contributed by atoms with Crippen molar-refractivity contribution < 1.29 is 121 Å². The van der Waals surface area contributed by atoms with E-state index in [2.05, 4.69) is 31.2 Å². The van der Waals surface area contributed by atoms with Gasteiger partial charge in [-0.3, -0.25) is 19.2 Å². The number of amides is 4. The first kappa shape index (κ1) is 78.7. The predicted octanol–water partition coefficient (Wildman–Crippen LogP) is -4.01. The lowest BCUT2D eigenvalue weighted by Gasteiger charge is -2.25. The summed E-state index contributed by atoms with van der Waals surface area (Å²) in [6.45, 7) is -5.95. The zero-order chi connectivity index (χ0) is 75.4. The molecule has 104 heavy (non-hydrogen) atoms. The second-order valence-electron chi connectivity index (χ2n) is 24.8. The molecule has 0 unspecified atom stereocenters. The predicted molar refractivity (Wildman–Crippen MR) is 374 cm³/mol. The fraction of sp³-hybridized carbons (Fsp3) is 0.333. The summed E-state index contributed by atoms with van der Waals surface area (Å²) in [5.41, 5.74) is 7.39. The number of nitrogens with zero attached hydrogens (tertiary/aromatic N) is 2. The van der Waals surface area contributed by atoms with Gasteiger partial charge in [0.25, 0.3) is 23.6 Å². The van der Waals surface area contributed by atoms with Crippen LogP contribution in [0.3, 0.4) is 0 Å². The molecule has 32 heteroatoms. The number of carbonyl (C=O) groups is 4. The molecule has 554 valence electrons. The second kappa shape index (κ2) is 35.4. The van der Waals surface area contributed by atoms with Crippen molar-refractivity contribution in [2.24, 2.45) is 0 Å². The Hall–Kier alpha value is -9.44. The van der Waals surface area contributed by atoms with Gasteiger partial charge in [-0.05, 0) is 119 Å². The van der Waals surface area contributed by atoms with E-state index in [0.717, 1.165) is 0 Å². The monoisotopic (exact) mass is 1440 g/mol. The zero-order valence-electron chi connectivity index (χ0n) is 55.2. The van der Waals surface area contributed by atoms with Crippen LogP contribution in [0.25, 0.3) is 90.9 Å². The Morgan fingerprint density at radius 2 is 0.442 bits per heavy atom. The summed E-state index contributed by atoms with van der Waals surface area (Å²) in [5.74, 6) is -2.83. The van der Waals surface area contributed by atoms with Gasteiger partial charge in [-0.15, -0.1) is 0 Å². The van der Waals surface area contributed by atoms with Gasteiger partial charge < -0.3 is 133 Å². The van der Waals surface area contributed by atoms with Crippen molar-refractivity contribution in [1.82, 2.24) is 41.2 Å². The fourth-order valence-corrected chi connectivity index (χ4v) is 11.5. The van der Waals surface area contributed by atoms with E-state index in [-0.39, 0.29) is 22.3 Å². The lowest BCUT2D eigenvalue weighted by Crippen LogP contribution is -2.49. The average Bonchev–Trinajstić information content (AvgIpc) is 1.61. The molecule has 8 bridgehead atoms. The van der Waals surface area contributed by atoms with Gasteiger partial charge in [0.15, 0.2) is 0 Å². The minimum atomic E-state index is -1.95. The molecule has 26 N–H and O–H groups in total. The SMILES string of the molecule is O=C(NC[C@H](O)[C@@H](O)[C@H](O)[C@H](O)CO)c1ccc(-c2c3nc(c(-c4ccc(C(=O)NC[C@H](O)[C@@H](O)[C@H](O)[C@H](O)CO)cc4)c4ccc([nH]4)c(-c4ccc(C(=O)NC[C@H](O)[C@@H](O)[C@H](O)[C@H](O)CO)cc4)c4nc(c(-c5ccc(C(=O)NC[C@H](O)[C@@H](O)[C@H](O)[C@H](O)CO)cc5)c5ccc2[nH]5)C=C4)C=C3)cc1. The number of aromatic amines is 2. The Kier molecular flexibility index (Phi) is 26.8. The zero-order valence-corrected chi connectivity index (χ0v) is 55.2. The van der Waals surface area contributed by atoms with E-state index in [0.29, 0.717) is 89.4 Å². The van der Waals surface area contributed by atoms with Gasteiger partial charge in [-0.2, -0.15) is 0 Å². The molecular formula is C72H82N8O24. The molecule has 4 amide bonds. The van der Waals surface area contributed by atoms with Gasteiger partial charge in [-0.1, -0.05) is 48.5 Å². The number of aliphatic hydroxyl groups is 20. The lowest BCUT2D eigenvalue weighted by atomic mass is 10.0. The number of fused-ring (bicyclic) bond motifs is 8. The molecule has 16 atom stereocenters. The van der Waals surface area contributed by atoms with E-state index < -0.39 is 174 Å². The number of hydrogen-bond donors (Lipinski definition) is 26. The number of hydrogen-bond acceptors (Lipinski definition) is 26. The number of rotatable bonds is 32. The van der Waals surface area contributed by atoms with Crippen molar-refractivity contribution in [2.75, 3.05) is 52.6 Å². The third-order valence-electron chi connectivity index (χ3n) is 17.7. The summed E-state index contributed by atoms with van der Waals surface area (Å²) < 4.78 is 0. The molecule has 2 aliphatic rings. The molecule has 0 aliphatic carbocycles. The molecule has 4 aromatic carbocycles. The van der Waals surface area contributed by atoms with Crippen LogP contribution in [0, 0.1) is 0 Å². The number of benzene rings is 4. The minimum absolute atomic E-state index is 0.0857. The Bertz CT molecular complexity index is 3820. The molecule has 0 saturated heterocycles. The maximum atomic E-state index is 13.6. The van der Waals surface area contributed by atoms with E-state index >= 15 is 0 Å². The van der Waals surface area contributed by atoms with Crippen LogP contribution < -0.4 is 21.3 Å². The van der Waals surface area contributed by atoms with E-state index in [1.54, 1.807) is 97.1 Å². The standard InChI is InChI=1S/C72H82N8O24/c81-29-53(89)65(97)61(93)49(85)25-73-69(101)37-9-1-33(2-10-37)57-41-17-19-43(77-41)58(34-3-11-38(12-4-34)70(102)74-26-50(86)62(94)66(98)54(90)30-82)45-21-23-47(79-45)60(36-7-15-40(16-8-36)72(104)76-28-52(88)64(96)68(100)56(92)32-84)48-24-22-46(80-48)59(44-20-18-42(57)78-44)35-5-13-39(14-6-35)71(103)75-27-51(87)63(95)67(99)55(91)31-83/h1-24,49-56,61-68,77,80-100H,25-32H2,(H,73,101)(H,74,102)(H,75,103)(H,76,104)/t49-,50-,51-,52-,53+,54+,55+,56+,61+,62+,63+,64+,65+,66+,67+,68+/m0/s1. The first-order chi connectivity index (χ1) is 49.7. The third kappa shape index (κ3) is 18.2. The summed E-state index contributed by atoms with van der Waals surface area (Å²) in [6.07, 6.45) is -22.8. The van der Waals surface area contributed by atoms with Crippen LogP contribution >= 0.6 is 0 Å². The van der Waals surface area contributed by atoms with Gasteiger partial charge in [0.05, 0.1) is 73.6 Å². The number of H-pyrrole nitrogens is 2. The Morgan fingerprint density at radius 3 is 0.615 bits per heavy atom. The van der Waals surface area contributed by atoms with Crippen molar-refractivity contribution in [3.63, 3.8) is 0 Å². The van der Waals surface area contributed by atoms with Crippen LogP contribution in [0.5, 0.6) is 0 Å². The maximum absolute atomic E-state index is 13.6. The van der Waals surface area contributed by atoms with E-state index in [1.165, 1.54) is 48.5 Å². The molecule has 0 fully saturated rings. The third-order valence-corrected chi connectivity index (χ3v) is 17.7. The topological polar surface area (TPSA) is 578 Å². The van der Waals surface area contributed by atoms with Crippen molar-refractivity contribution in [1.29, 1.82) is 0 Å². The highest BCUT2D eigenvalue weighted by molar-refractivity contribution is 6.03. The van der Waals surface area contributed by atoms with Crippen LogP contribution in [0.4, 0.5) is 0 Å². The molecule has 0 saturated carbocycles. The summed E-state index contributed by atoms with van der Waals surface area (Å²) in [4.78, 5) is 71.9. The van der Waals surface area contributed by atoms with Crippen LogP contribution in [0.1, 0.15) is 64.2 Å². The van der Waals surface area contributed by atoms with E-state index in [9.17, 15) is 121 Å². The lowest BCUT2D eigenvalue weighted by molar-refractivity contribution is -0.113. The summed E-state index contributed by atoms with van der Waals surface area (Å²) in [6, 6.07) is 32.0. The van der Waals surface area contributed by atoms with E-state index in [4.69, 9.17) is 9.97 Å². The Morgan fingerprint density at radius 1 is 0.269 bits per heavy atom. The van der Waals surface area contributed by atoms with Crippen LogP contribution in [-0.4, -0.2) is 296 Å². The van der Waals surface area contributed by atoms with Gasteiger partial charge in [0.2, 0.25) is 0 Å². The molecule has 3 aromatic heterocycles. The molecule has 9 rings (SSSR count). The summed E-state index contributed by atoms with van der Waals surface area (Å²) >= 11 is 0. The molecule has 7 aromatic rings. The molecule has 0 radical (unpaired) electrons. The number of carbonyl (C=O) groups excluding carboxylic acids is 4. The van der Waals surface area contributed by atoms with Crippen molar-refractivity contribution >= 4 is 70.0 Å². The second-order valence-corrected chi connectivity index (χ2v) is 24.8. The molecule has 2 aliphatic heterocycles. The molecule has 32 nitrogen and oxygen atoms in total. The highest BCUT2D eigenvalue weighted by Gasteiger charge is 2.34. The van der Waals surface area contributed by atoms with Crippen LogP contribution in [0.15, 0.2) is 121 Å². The van der Waals surface area contributed by atoms with E-state index in [1.807, 2.05) is 0 Å². The minimum Gasteiger partial charge on any atom is -0.394 e. The number of nitrogens with one attached hydrogen (secondary N) is 6. The highest BCUT2D eigenvalue weighted by Crippen LogP contribution is 2.39.